The lowest BCUT2D eigenvalue weighted by atomic mass is 10.0. The number of aromatic nitrogens is 1. The summed E-state index contributed by atoms with van der Waals surface area (Å²) in [4.78, 5) is 12.0. The molecule has 0 N–H and O–H groups in total. The lowest BCUT2D eigenvalue weighted by Gasteiger charge is -2.21. The largest absolute Gasteiger partial charge is 0.461 e. The van der Waals surface area contributed by atoms with Gasteiger partial charge in [0.15, 0.2) is 0 Å². The number of fused-ring (bicyclic) bond motifs is 1. The number of allylic oxidation sites excluding steroid dienone is 1. The van der Waals surface area contributed by atoms with Gasteiger partial charge in [-0.05, 0) is 44.0 Å². The van der Waals surface area contributed by atoms with E-state index in [0.717, 1.165) is 23.4 Å². The van der Waals surface area contributed by atoms with Crippen LogP contribution >= 0.6 is 11.6 Å². The van der Waals surface area contributed by atoms with Gasteiger partial charge in [-0.3, -0.25) is 0 Å². The van der Waals surface area contributed by atoms with Crippen LogP contribution in [0, 0.1) is 0 Å². The summed E-state index contributed by atoms with van der Waals surface area (Å²) >= 11 is 6.63. The molecule has 0 radical (unpaired) electrons. The third-order valence-corrected chi connectivity index (χ3v) is 4.30. The molecular weight excluding hydrogens is 310 g/mol. The zero-order valence-corrected chi connectivity index (χ0v) is 14.1. The predicted octanol–water partition coefficient (Wildman–Crippen LogP) is 4.61. The van der Waals surface area contributed by atoms with Crippen molar-refractivity contribution in [1.82, 2.24) is 4.57 Å². The quantitative estimate of drug-likeness (QED) is 0.608. The van der Waals surface area contributed by atoms with Gasteiger partial charge in [0.05, 0.1) is 11.5 Å². The normalized spacial score (nSPS) is 20.0. The van der Waals surface area contributed by atoms with Crippen molar-refractivity contribution in [3.8, 4) is 5.69 Å². The Morgan fingerprint density at radius 1 is 1.35 bits per heavy atom. The Balaban J connectivity index is 2.20. The van der Waals surface area contributed by atoms with Gasteiger partial charge in [-0.1, -0.05) is 30.4 Å². The molecule has 0 saturated carbocycles. The molecule has 0 fully saturated rings. The zero-order chi connectivity index (χ0) is 16.4. The zero-order valence-electron chi connectivity index (χ0n) is 13.4. The number of esters is 1. The maximum Gasteiger partial charge on any atom is 0.355 e. The Morgan fingerprint density at radius 2 is 2.09 bits per heavy atom. The summed E-state index contributed by atoms with van der Waals surface area (Å²) in [7, 11) is 0. The molecule has 120 valence electrons. The topological polar surface area (TPSA) is 31.2 Å². The molecule has 4 heteroatoms. The highest BCUT2D eigenvalue weighted by Gasteiger charge is 2.29. The number of alkyl halides is 1. The molecular formula is C19H20ClNO2. The SMILES string of the molecule is CCOC(=O)c1cc2c(n1-c1ccccc1)CC(C)(Cl)CC=C2. The minimum Gasteiger partial charge on any atom is -0.461 e. The first-order chi connectivity index (χ1) is 11.0. The summed E-state index contributed by atoms with van der Waals surface area (Å²) in [6.45, 7) is 4.20. The molecule has 0 bridgehead atoms. The summed E-state index contributed by atoms with van der Waals surface area (Å²) in [5, 5.41) is 0. The van der Waals surface area contributed by atoms with Crippen LogP contribution in [0.15, 0.2) is 42.5 Å². The fraction of sp³-hybridized carbons (Fsp3) is 0.316. The van der Waals surface area contributed by atoms with Crippen LogP contribution in [-0.2, 0) is 11.2 Å². The van der Waals surface area contributed by atoms with Gasteiger partial charge in [0.25, 0.3) is 0 Å². The molecule has 3 rings (SSSR count). The van der Waals surface area contributed by atoms with Crippen molar-refractivity contribution in [2.45, 2.75) is 31.6 Å². The molecule has 0 spiro atoms. The number of ether oxygens (including phenoxy) is 1. The fourth-order valence-corrected chi connectivity index (χ4v) is 3.19. The Hall–Kier alpha value is -2.00. The third-order valence-electron chi connectivity index (χ3n) is 4.01. The number of nitrogens with zero attached hydrogens (tertiary/aromatic N) is 1. The monoisotopic (exact) mass is 329 g/mol. The highest BCUT2D eigenvalue weighted by atomic mass is 35.5. The Kier molecular flexibility index (Phi) is 4.31. The second kappa shape index (κ2) is 6.25. The summed E-state index contributed by atoms with van der Waals surface area (Å²) in [6, 6.07) is 11.8. The van der Waals surface area contributed by atoms with E-state index in [2.05, 4.69) is 6.08 Å². The number of halogens is 1. The van der Waals surface area contributed by atoms with Gasteiger partial charge < -0.3 is 9.30 Å². The molecule has 0 aliphatic heterocycles. The van der Waals surface area contributed by atoms with Crippen molar-refractivity contribution >= 4 is 23.6 Å². The van der Waals surface area contributed by atoms with Crippen molar-refractivity contribution in [3.63, 3.8) is 0 Å². The lowest BCUT2D eigenvalue weighted by molar-refractivity contribution is 0.0516. The van der Waals surface area contributed by atoms with Crippen LogP contribution in [0.4, 0.5) is 0 Å². The first kappa shape index (κ1) is 15.9. The standard InChI is InChI=1S/C19H20ClNO2/c1-3-23-18(22)16-12-14-8-7-11-19(2,20)13-17(14)21(16)15-9-5-4-6-10-15/h4-10,12H,3,11,13H2,1-2H3. The van der Waals surface area contributed by atoms with E-state index in [1.165, 1.54) is 0 Å². The molecule has 1 aliphatic rings. The second-order valence-electron chi connectivity index (χ2n) is 6.02. The number of rotatable bonds is 3. The molecule has 0 amide bonds. The highest BCUT2D eigenvalue weighted by Crippen LogP contribution is 2.34. The van der Waals surface area contributed by atoms with Gasteiger partial charge in [0, 0.05) is 17.8 Å². The maximum atomic E-state index is 12.4. The Bertz CT molecular complexity index is 744. The van der Waals surface area contributed by atoms with Crippen LogP contribution in [0.1, 0.15) is 42.0 Å². The van der Waals surface area contributed by atoms with Crippen molar-refractivity contribution < 1.29 is 9.53 Å². The number of hydrogen-bond donors (Lipinski definition) is 0. The summed E-state index contributed by atoms with van der Waals surface area (Å²) < 4.78 is 7.21. The molecule has 23 heavy (non-hydrogen) atoms. The average molecular weight is 330 g/mol. The minimum atomic E-state index is -0.363. The van der Waals surface area contributed by atoms with Gasteiger partial charge in [-0.15, -0.1) is 11.6 Å². The van der Waals surface area contributed by atoms with E-state index in [0.29, 0.717) is 18.7 Å². The van der Waals surface area contributed by atoms with Crippen molar-refractivity contribution in [2.75, 3.05) is 6.61 Å². The van der Waals surface area contributed by atoms with Crippen molar-refractivity contribution in [3.05, 3.63) is 59.4 Å². The molecule has 0 saturated heterocycles. The number of para-hydroxylation sites is 1. The van der Waals surface area contributed by atoms with E-state index in [4.69, 9.17) is 16.3 Å². The first-order valence-electron chi connectivity index (χ1n) is 7.84. The van der Waals surface area contributed by atoms with Gasteiger partial charge >= 0.3 is 5.97 Å². The van der Waals surface area contributed by atoms with E-state index in [9.17, 15) is 4.79 Å². The Labute approximate surface area is 141 Å². The number of hydrogen-bond acceptors (Lipinski definition) is 2. The number of benzene rings is 1. The number of carbonyl (C=O) groups is 1. The third kappa shape index (κ3) is 3.20. The Morgan fingerprint density at radius 3 is 2.78 bits per heavy atom. The van der Waals surface area contributed by atoms with E-state index < -0.39 is 0 Å². The molecule has 1 aromatic carbocycles. The smallest absolute Gasteiger partial charge is 0.355 e. The van der Waals surface area contributed by atoms with Crippen LogP contribution in [0.5, 0.6) is 0 Å². The van der Waals surface area contributed by atoms with E-state index in [-0.39, 0.29) is 10.8 Å². The van der Waals surface area contributed by atoms with Gasteiger partial charge in [-0.2, -0.15) is 0 Å². The second-order valence-corrected chi connectivity index (χ2v) is 6.93. The molecule has 1 aliphatic carbocycles. The molecule has 1 heterocycles. The van der Waals surface area contributed by atoms with Gasteiger partial charge in [0.1, 0.15) is 5.69 Å². The maximum absolute atomic E-state index is 12.4. The highest BCUT2D eigenvalue weighted by molar-refractivity contribution is 6.24. The van der Waals surface area contributed by atoms with E-state index in [1.807, 2.05) is 60.9 Å². The van der Waals surface area contributed by atoms with Crippen LogP contribution in [0.25, 0.3) is 11.8 Å². The molecule has 2 aromatic rings. The molecule has 1 atom stereocenters. The first-order valence-corrected chi connectivity index (χ1v) is 8.22. The summed E-state index contributed by atoms with van der Waals surface area (Å²) in [6.07, 6.45) is 5.60. The summed E-state index contributed by atoms with van der Waals surface area (Å²) in [5.41, 5.74) is 3.56. The minimum absolute atomic E-state index is 0.311. The number of carbonyl (C=O) groups excluding carboxylic acids is 1. The van der Waals surface area contributed by atoms with Gasteiger partial charge in [0.2, 0.25) is 0 Å². The van der Waals surface area contributed by atoms with E-state index >= 15 is 0 Å². The predicted molar refractivity (Wildman–Crippen MR) is 93.3 cm³/mol. The molecule has 3 nitrogen and oxygen atoms in total. The van der Waals surface area contributed by atoms with Crippen molar-refractivity contribution in [2.24, 2.45) is 0 Å². The van der Waals surface area contributed by atoms with E-state index in [1.54, 1.807) is 0 Å². The fourth-order valence-electron chi connectivity index (χ4n) is 2.98. The van der Waals surface area contributed by atoms with Crippen LogP contribution in [0.2, 0.25) is 0 Å². The average Bonchev–Trinajstić information content (AvgIpc) is 2.78. The molecule has 1 unspecified atom stereocenters. The van der Waals surface area contributed by atoms with Crippen LogP contribution in [-0.4, -0.2) is 22.0 Å². The molecule has 1 aromatic heterocycles. The summed E-state index contributed by atoms with van der Waals surface area (Å²) in [5.74, 6) is -0.311. The van der Waals surface area contributed by atoms with Gasteiger partial charge in [-0.25, -0.2) is 4.79 Å². The van der Waals surface area contributed by atoms with Crippen LogP contribution in [0.3, 0.4) is 0 Å². The van der Waals surface area contributed by atoms with Crippen molar-refractivity contribution in [1.29, 1.82) is 0 Å². The van der Waals surface area contributed by atoms with Crippen LogP contribution < -0.4 is 0 Å². The lowest BCUT2D eigenvalue weighted by Crippen LogP contribution is -2.21.